The molecule has 0 fully saturated rings. The smallest absolute Gasteiger partial charge is 0.227 e. The summed E-state index contributed by atoms with van der Waals surface area (Å²) in [7, 11) is 0. The maximum atomic E-state index is 12.3. The van der Waals surface area contributed by atoms with Gasteiger partial charge in [-0.15, -0.1) is 0 Å². The van der Waals surface area contributed by atoms with Gasteiger partial charge >= 0.3 is 0 Å². The highest BCUT2D eigenvalue weighted by Gasteiger charge is 2.17. The van der Waals surface area contributed by atoms with E-state index in [2.05, 4.69) is 20.8 Å². The molecular formula is C15H24N2O. The highest BCUT2D eigenvalue weighted by molar-refractivity contribution is 5.79. The predicted molar refractivity (Wildman–Crippen MR) is 75.2 cm³/mol. The maximum Gasteiger partial charge on any atom is 0.227 e. The van der Waals surface area contributed by atoms with Crippen molar-refractivity contribution >= 4 is 5.91 Å². The minimum atomic E-state index is 0.188. The molecule has 1 amide bonds. The van der Waals surface area contributed by atoms with Crippen molar-refractivity contribution in [3.63, 3.8) is 0 Å². The van der Waals surface area contributed by atoms with Crippen molar-refractivity contribution in [3.8, 4) is 0 Å². The third-order valence-corrected chi connectivity index (χ3v) is 3.09. The van der Waals surface area contributed by atoms with Crippen LogP contribution in [0.2, 0.25) is 0 Å². The number of nitrogens with zero attached hydrogens (tertiary/aromatic N) is 1. The zero-order chi connectivity index (χ0) is 13.5. The van der Waals surface area contributed by atoms with Gasteiger partial charge in [0.15, 0.2) is 0 Å². The van der Waals surface area contributed by atoms with Crippen LogP contribution < -0.4 is 5.73 Å². The third-order valence-electron chi connectivity index (χ3n) is 3.09. The molecule has 3 nitrogen and oxygen atoms in total. The molecular weight excluding hydrogens is 224 g/mol. The summed E-state index contributed by atoms with van der Waals surface area (Å²) >= 11 is 0. The predicted octanol–water partition coefficient (Wildman–Crippen LogP) is 2.33. The fourth-order valence-corrected chi connectivity index (χ4v) is 2.11. The van der Waals surface area contributed by atoms with Crippen molar-refractivity contribution in [1.29, 1.82) is 0 Å². The van der Waals surface area contributed by atoms with Gasteiger partial charge in [0.1, 0.15) is 0 Å². The molecule has 0 aromatic heterocycles. The standard InChI is InChI=1S/C15H24N2O/c1-4-9-17(12(2)3)15(18)10-13-7-5-6-8-14(13)11-16/h5-8,12H,4,9-11,16H2,1-3H3. The van der Waals surface area contributed by atoms with Crippen molar-refractivity contribution in [3.05, 3.63) is 35.4 Å². The minimum Gasteiger partial charge on any atom is -0.340 e. The Morgan fingerprint density at radius 3 is 2.39 bits per heavy atom. The molecule has 0 heterocycles. The molecule has 0 bridgehead atoms. The summed E-state index contributed by atoms with van der Waals surface area (Å²) in [5.74, 6) is 0.188. The summed E-state index contributed by atoms with van der Waals surface area (Å²) in [6.45, 7) is 7.52. The fourth-order valence-electron chi connectivity index (χ4n) is 2.11. The number of benzene rings is 1. The first-order valence-corrected chi connectivity index (χ1v) is 6.66. The molecule has 0 aliphatic heterocycles. The summed E-state index contributed by atoms with van der Waals surface area (Å²) in [5, 5.41) is 0. The van der Waals surface area contributed by atoms with Gasteiger partial charge in [-0.05, 0) is 31.4 Å². The van der Waals surface area contributed by atoms with E-state index >= 15 is 0 Å². The molecule has 1 aromatic carbocycles. The Balaban J connectivity index is 2.79. The van der Waals surface area contributed by atoms with E-state index in [0.29, 0.717) is 13.0 Å². The van der Waals surface area contributed by atoms with Crippen LogP contribution in [0.15, 0.2) is 24.3 Å². The van der Waals surface area contributed by atoms with Gasteiger partial charge in [0.25, 0.3) is 0 Å². The average Bonchev–Trinajstić information content (AvgIpc) is 2.36. The molecule has 3 heteroatoms. The van der Waals surface area contributed by atoms with Crippen LogP contribution in [-0.4, -0.2) is 23.4 Å². The molecule has 0 radical (unpaired) electrons. The van der Waals surface area contributed by atoms with Gasteiger partial charge in [0.2, 0.25) is 5.91 Å². The van der Waals surface area contributed by atoms with Gasteiger partial charge in [-0.2, -0.15) is 0 Å². The summed E-state index contributed by atoms with van der Waals surface area (Å²) in [5.41, 5.74) is 7.81. The van der Waals surface area contributed by atoms with Gasteiger partial charge in [0, 0.05) is 19.1 Å². The highest BCUT2D eigenvalue weighted by Crippen LogP contribution is 2.11. The molecule has 0 spiro atoms. The van der Waals surface area contributed by atoms with Crippen molar-refractivity contribution < 1.29 is 4.79 Å². The molecule has 1 aromatic rings. The normalized spacial score (nSPS) is 10.7. The Morgan fingerprint density at radius 1 is 1.28 bits per heavy atom. The van der Waals surface area contributed by atoms with E-state index in [4.69, 9.17) is 5.73 Å². The van der Waals surface area contributed by atoms with Gasteiger partial charge in [0.05, 0.1) is 6.42 Å². The molecule has 0 aliphatic rings. The zero-order valence-electron chi connectivity index (χ0n) is 11.6. The highest BCUT2D eigenvalue weighted by atomic mass is 16.2. The van der Waals surface area contributed by atoms with Crippen LogP contribution in [0.25, 0.3) is 0 Å². The molecule has 0 unspecified atom stereocenters. The van der Waals surface area contributed by atoms with Crippen LogP contribution in [0.5, 0.6) is 0 Å². The summed E-state index contributed by atoms with van der Waals surface area (Å²) < 4.78 is 0. The first-order valence-electron chi connectivity index (χ1n) is 6.66. The van der Waals surface area contributed by atoms with Crippen molar-refractivity contribution in [1.82, 2.24) is 4.90 Å². The number of carbonyl (C=O) groups excluding carboxylic acids is 1. The lowest BCUT2D eigenvalue weighted by atomic mass is 10.0. The summed E-state index contributed by atoms with van der Waals surface area (Å²) in [6.07, 6.45) is 1.44. The average molecular weight is 248 g/mol. The Bertz CT molecular complexity index is 388. The molecule has 0 saturated carbocycles. The molecule has 0 saturated heterocycles. The van der Waals surface area contributed by atoms with E-state index in [1.165, 1.54) is 0 Å². The van der Waals surface area contributed by atoms with Crippen molar-refractivity contribution in [2.24, 2.45) is 5.73 Å². The lowest BCUT2D eigenvalue weighted by Gasteiger charge is -2.26. The quantitative estimate of drug-likeness (QED) is 0.840. The third kappa shape index (κ3) is 3.84. The van der Waals surface area contributed by atoms with E-state index in [1.807, 2.05) is 29.2 Å². The maximum absolute atomic E-state index is 12.3. The Kier molecular flexibility index (Phi) is 5.86. The van der Waals surface area contributed by atoms with Crippen LogP contribution in [0.3, 0.4) is 0 Å². The number of amides is 1. The van der Waals surface area contributed by atoms with Crippen LogP contribution in [0, 0.1) is 0 Å². The van der Waals surface area contributed by atoms with Crippen LogP contribution >= 0.6 is 0 Å². The topological polar surface area (TPSA) is 46.3 Å². The van der Waals surface area contributed by atoms with Gasteiger partial charge < -0.3 is 10.6 Å². The number of hydrogen-bond acceptors (Lipinski definition) is 2. The van der Waals surface area contributed by atoms with Crippen molar-refractivity contribution in [2.45, 2.75) is 46.2 Å². The van der Waals surface area contributed by atoms with Crippen LogP contribution in [-0.2, 0) is 17.8 Å². The van der Waals surface area contributed by atoms with E-state index in [0.717, 1.165) is 24.1 Å². The molecule has 100 valence electrons. The minimum absolute atomic E-state index is 0.188. The zero-order valence-corrected chi connectivity index (χ0v) is 11.6. The Morgan fingerprint density at radius 2 is 1.89 bits per heavy atom. The summed E-state index contributed by atoms with van der Waals surface area (Å²) in [4.78, 5) is 14.2. The van der Waals surface area contributed by atoms with Crippen LogP contribution in [0.1, 0.15) is 38.3 Å². The molecule has 0 atom stereocenters. The molecule has 0 aliphatic carbocycles. The molecule has 18 heavy (non-hydrogen) atoms. The largest absolute Gasteiger partial charge is 0.340 e. The number of nitrogens with two attached hydrogens (primary N) is 1. The van der Waals surface area contributed by atoms with Gasteiger partial charge in [-0.25, -0.2) is 0 Å². The summed E-state index contributed by atoms with van der Waals surface area (Å²) in [6, 6.07) is 8.15. The second-order valence-corrected chi connectivity index (χ2v) is 4.83. The number of carbonyl (C=O) groups is 1. The number of hydrogen-bond donors (Lipinski definition) is 1. The monoisotopic (exact) mass is 248 g/mol. The van der Waals surface area contributed by atoms with E-state index in [-0.39, 0.29) is 11.9 Å². The number of rotatable bonds is 6. The van der Waals surface area contributed by atoms with Crippen molar-refractivity contribution in [2.75, 3.05) is 6.54 Å². The lowest BCUT2D eigenvalue weighted by molar-refractivity contribution is -0.132. The van der Waals surface area contributed by atoms with Gasteiger partial charge in [-0.3, -0.25) is 4.79 Å². The van der Waals surface area contributed by atoms with Gasteiger partial charge in [-0.1, -0.05) is 31.2 Å². The Labute approximate surface area is 110 Å². The lowest BCUT2D eigenvalue weighted by Crippen LogP contribution is -2.38. The van der Waals surface area contributed by atoms with E-state index in [1.54, 1.807) is 0 Å². The van der Waals surface area contributed by atoms with E-state index in [9.17, 15) is 4.79 Å². The van der Waals surface area contributed by atoms with Crippen LogP contribution in [0.4, 0.5) is 0 Å². The fraction of sp³-hybridized carbons (Fsp3) is 0.533. The second kappa shape index (κ2) is 7.17. The molecule has 1 rings (SSSR count). The van der Waals surface area contributed by atoms with E-state index < -0.39 is 0 Å². The first-order chi connectivity index (χ1) is 8.60. The second-order valence-electron chi connectivity index (χ2n) is 4.83. The Hall–Kier alpha value is -1.35. The first kappa shape index (κ1) is 14.7. The SMILES string of the molecule is CCCN(C(=O)Cc1ccccc1CN)C(C)C. The molecule has 2 N–H and O–H groups in total.